The van der Waals surface area contributed by atoms with Crippen molar-refractivity contribution in [1.82, 2.24) is 19.6 Å². The minimum absolute atomic E-state index is 0.0658. The van der Waals surface area contributed by atoms with Crippen LogP contribution in [0.3, 0.4) is 0 Å². The normalized spacial score (nSPS) is 16.6. The van der Waals surface area contributed by atoms with Crippen molar-refractivity contribution < 1.29 is 9.59 Å². The highest BCUT2D eigenvalue weighted by molar-refractivity contribution is 5.95. The number of carbonyl (C=O) groups is 2. The third-order valence-corrected chi connectivity index (χ3v) is 6.67. The highest BCUT2D eigenvalue weighted by Crippen LogP contribution is 2.29. The van der Waals surface area contributed by atoms with Gasteiger partial charge in [-0.15, -0.1) is 0 Å². The van der Waals surface area contributed by atoms with E-state index >= 15 is 0 Å². The summed E-state index contributed by atoms with van der Waals surface area (Å²) in [6.45, 7) is 10.8. The maximum atomic E-state index is 13.2. The summed E-state index contributed by atoms with van der Waals surface area (Å²) < 4.78 is 1.73. The molecule has 6 heteroatoms. The van der Waals surface area contributed by atoms with Gasteiger partial charge in [0.05, 0.1) is 0 Å². The topological polar surface area (TPSA) is 66.7 Å². The zero-order chi connectivity index (χ0) is 24.3. The Balaban J connectivity index is 1.52. The van der Waals surface area contributed by atoms with E-state index in [0.717, 1.165) is 32.4 Å². The molecule has 1 unspecified atom stereocenters. The van der Waals surface area contributed by atoms with Crippen molar-refractivity contribution in [3.8, 4) is 0 Å². The zero-order valence-electron chi connectivity index (χ0n) is 20.8. The summed E-state index contributed by atoms with van der Waals surface area (Å²) >= 11 is 0. The zero-order valence-corrected chi connectivity index (χ0v) is 20.8. The quantitative estimate of drug-likeness (QED) is 0.530. The van der Waals surface area contributed by atoms with Crippen LogP contribution in [0.25, 0.3) is 5.65 Å². The van der Waals surface area contributed by atoms with Gasteiger partial charge in [-0.25, -0.2) is 4.98 Å². The van der Waals surface area contributed by atoms with E-state index in [9.17, 15) is 9.59 Å². The molecule has 1 aliphatic rings. The first-order valence-electron chi connectivity index (χ1n) is 12.3. The summed E-state index contributed by atoms with van der Waals surface area (Å²) in [5.41, 5.74) is 2.83. The number of nitrogens with one attached hydrogen (secondary N) is 1. The number of hydrogen-bond acceptors (Lipinski definition) is 3. The number of rotatable bonds is 7. The molecule has 4 rings (SSSR count). The van der Waals surface area contributed by atoms with Gasteiger partial charge in [0.2, 0.25) is 0 Å². The van der Waals surface area contributed by atoms with E-state index < -0.39 is 0 Å². The largest absolute Gasteiger partial charge is 0.350 e. The molecule has 0 saturated carbocycles. The summed E-state index contributed by atoms with van der Waals surface area (Å²) in [5.74, 6) is 0.536. The van der Waals surface area contributed by atoms with Gasteiger partial charge in [-0.3, -0.25) is 14.0 Å². The molecule has 3 heterocycles. The Morgan fingerprint density at radius 2 is 1.85 bits per heavy atom. The molecule has 0 radical (unpaired) electrons. The number of imidazole rings is 1. The van der Waals surface area contributed by atoms with Gasteiger partial charge in [-0.1, -0.05) is 64.1 Å². The Labute approximate surface area is 202 Å². The molecule has 1 fully saturated rings. The standard InChI is InChI=1S/C28H36N4O2/c1-20(2)16-22(21-10-6-5-7-11-21)17-29-26(33)24-12-8-13-25-30-23(18-32(24)25)27(34)31-15-9-14-28(3,4)19-31/h5-8,10-13,18,20,22H,9,14-17,19H2,1-4H3,(H,29,33). The smallest absolute Gasteiger partial charge is 0.274 e. The third-order valence-electron chi connectivity index (χ3n) is 6.67. The van der Waals surface area contributed by atoms with Crippen LogP contribution >= 0.6 is 0 Å². The van der Waals surface area contributed by atoms with Gasteiger partial charge in [0.25, 0.3) is 11.8 Å². The molecule has 1 aliphatic heterocycles. The summed E-state index contributed by atoms with van der Waals surface area (Å²) in [6, 6.07) is 15.8. The van der Waals surface area contributed by atoms with Crippen LogP contribution in [0.2, 0.25) is 0 Å². The number of carbonyl (C=O) groups excluding carboxylic acids is 2. The van der Waals surface area contributed by atoms with Gasteiger partial charge in [-0.05, 0) is 48.3 Å². The number of piperidine rings is 1. The lowest BCUT2D eigenvalue weighted by Gasteiger charge is -2.37. The van der Waals surface area contributed by atoms with Crippen LogP contribution in [0.4, 0.5) is 0 Å². The van der Waals surface area contributed by atoms with Crippen molar-refractivity contribution in [2.75, 3.05) is 19.6 Å². The van der Waals surface area contributed by atoms with E-state index in [0.29, 0.717) is 29.5 Å². The van der Waals surface area contributed by atoms with E-state index in [4.69, 9.17) is 0 Å². The van der Waals surface area contributed by atoms with Gasteiger partial charge < -0.3 is 10.2 Å². The monoisotopic (exact) mass is 460 g/mol. The first kappa shape index (κ1) is 24.0. The van der Waals surface area contributed by atoms with Crippen LogP contribution in [0, 0.1) is 11.3 Å². The number of aromatic nitrogens is 2. The second kappa shape index (κ2) is 10.00. The fourth-order valence-corrected chi connectivity index (χ4v) is 5.00. The van der Waals surface area contributed by atoms with E-state index in [-0.39, 0.29) is 23.1 Å². The second-order valence-electron chi connectivity index (χ2n) is 10.7. The molecule has 1 aromatic carbocycles. The molecule has 1 N–H and O–H groups in total. The van der Waals surface area contributed by atoms with Gasteiger partial charge in [0.1, 0.15) is 17.0 Å². The Bertz CT molecular complexity index is 1150. The van der Waals surface area contributed by atoms with Crippen molar-refractivity contribution >= 4 is 17.5 Å². The predicted molar refractivity (Wildman–Crippen MR) is 135 cm³/mol. The Morgan fingerprint density at radius 3 is 2.56 bits per heavy atom. The Morgan fingerprint density at radius 1 is 1.09 bits per heavy atom. The summed E-state index contributed by atoms with van der Waals surface area (Å²) in [7, 11) is 0. The molecule has 1 atom stereocenters. The maximum Gasteiger partial charge on any atom is 0.274 e. The maximum absolute atomic E-state index is 13.2. The number of pyridine rings is 1. The van der Waals surface area contributed by atoms with Crippen LogP contribution in [0.15, 0.2) is 54.7 Å². The Kier molecular flexibility index (Phi) is 7.05. The molecule has 2 amide bonds. The lowest BCUT2D eigenvalue weighted by atomic mass is 9.84. The summed E-state index contributed by atoms with van der Waals surface area (Å²) in [5, 5.41) is 3.12. The van der Waals surface area contributed by atoms with Gasteiger partial charge in [0, 0.05) is 31.7 Å². The van der Waals surface area contributed by atoms with Gasteiger partial charge >= 0.3 is 0 Å². The highest BCUT2D eigenvalue weighted by atomic mass is 16.2. The first-order valence-corrected chi connectivity index (χ1v) is 12.3. The van der Waals surface area contributed by atoms with Crippen LogP contribution in [0.1, 0.15) is 79.4 Å². The van der Waals surface area contributed by atoms with Crippen LogP contribution in [-0.4, -0.2) is 45.7 Å². The van der Waals surface area contributed by atoms with Crippen molar-refractivity contribution in [1.29, 1.82) is 0 Å². The number of amides is 2. The minimum Gasteiger partial charge on any atom is -0.350 e. The van der Waals surface area contributed by atoms with Crippen molar-refractivity contribution in [2.24, 2.45) is 11.3 Å². The van der Waals surface area contributed by atoms with Gasteiger partial charge in [-0.2, -0.15) is 0 Å². The molecule has 1 saturated heterocycles. The number of likely N-dealkylation sites (tertiary alicyclic amines) is 1. The highest BCUT2D eigenvalue weighted by Gasteiger charge is 2.30. The van der Waals surface area contributed by atoms with Crippen molar-refractivity contribution in [3.63, 3.8) is 0 Å². The third kappa shape index (κ3) is 5.49. The van der Waals surface area contributed by atoms with Gasteiger partial charge in [0.15, 0.2) is 0 Å². The van der Waals surface area contributed by atoms with E-state index in [2.05, 4.69) is 50.1 Å². The molecule has 2 aromatic heterocycles. The van der Waals surface area contributed by atoms with E-state index in [1.807, 2.05) is 35.2 Å². The number of fused-ring (bicyclic) bond motifs is 1. The van der Waals surface area contributed by atoms with E-state index in [1.165, 1.54) is 5.56 Å². The van der Waals surface area contributed by atoms with Crippen LogP contribution < -0.4 is 5.32 Å². The SMILES string of the molecule is CC(C)CC(CNC(=O)c1cccc2nc(C(=O)N3CCCC(C)(C)C3)cn12)c1ccccc1. The van der Waals surface area contributed by atoms with Crippen LogP contribution in [0.5, 0.6) is 0 Å². The molecule has 0 aliphatic carbocycles. The minimum atomic E-state index is -0.161. The fraction of sp³-hybridized carbons (Fsp3) is 0.464. The first-order chi connectivity index (χ1) is 16.2. The fourth-order valence-electron chi connectivity index (χ4n) is 5.00. The predicted octanol–water partition coefficient (Wildman–Crippen LogP) is 5.16. The molecule has 34 heavy (non-hydrogen) atoms. The second-order valence-corrected chi connectivity index (χ2v) is 10.7. The molecule has 180 valence electrons. The number of hydrogen-bond donors (Lipinski definition) is 1. The molecule has 6 nitrogen and oxygen atoms in total. The summed E-state index contributed by atoms with van der Waals surface area (Å²) in [6.07, 6.45) is 4.81. The lowest BCUT2D eigenvalue weighted by Crippen LogP contribution is -2.43. The molecular weight excluding hydrogens is 424 g/mol. The molecule has 0 spiro atoms. The molecule has 3 aromatic rings. The lowest BCUT2D eigenvalue weighted by molar-refractivity contribution is 0.0578. The van der Waals surface area contributed by atoms with Crippen molar-refractivity contribution in [3.05, 3.63) is 71.7 Å². The van der Waals surface area contributed by atoms with Crippen LogP contribution in [-0.2, 0) is 0 Å². The number of benzene rings is 1. The molecule has 0 bridgehead atoms. The Hall–Kier alpha value is -3.15. The van der Waals surface area contributed by atoms with Crippen molar-refractivity contribution in [2.45, 2.75) is 52.9 Å². The number of nitrogens with zero attached hydrogens (tertiary/aromatic N) is 3. The van der Waals surface area contributed by atoms with E-state index in [1.54, 1.807) is 16.7 Å². The molecular formula is C28H36N4O2. The summed E-state index contributed by atoms with van der Waals surface area (Å²) in [4.78, 5) is 32.8. The average molecular weight is 461 g/mol. The average Bonchev–Trinajstić information content (AvgIpc) is 3.25.